The highest BCUT2D eigenvalue weighted by Gasteiger charge is 2.20. The molecule has 0 saturated heterocycles. The van der Waals surface area contributed by atoms with Gasteiger partial charge in [0.05, 0.1) is 11.8 Å². The standard InChI is InChI=1S/C16H17N5OS2/c1-9-5-4-6-10(2)14(9)19-15-20-21-16(24-15)23-8-13(22)12(7-17)11(3)18/h4-6,12,18H,8H2,1-3H3,(H,19,20). The van der Waals surface area contributed by atoms with Crippen molar-refractivity contribution in [1.29, 1.82) is 10.7 Å². The minimum atomic E-state index is -0.974. The van der Waals surface area contributed by atoms with Crippen LogP contribution in [0.4, 0.5) is 10.8 Å². The fourth-order valence-electron chi connectivity index (χ4n) is 2.06. The quantitative estimate of drug-likeness (QED) is 0.577. The third-order valence-corrected chi connectivity index (χ3v) is 5.34. The van der Waals surface area contributed by atoms with Crippen molar-refractivity contribution in [1.82, 2.24) is 10.2 Å². The predicted octanol–water partition coefficient (Wildman–Crippen LogP) is 3.74. The number of aryl methyl sites for hydroxylation is 2. The van der Waals surface area contributed by atoms with E-state index in [0.717, 1.165) is 16.8 Å². The maximum atomic E-state index is 11.9. The minimum Gasteiger partial charge on any atom is -0.330 e. The number of para-hydroxylation sites is 1. The maximum Gasteiger partial charge on any atom is 0.210 e. The Labute approximate surface area is 148 Å². The summed E-state index contributed by atoms with van der Waals surface area (Å²) in [6.07, 6.45) is 0. The number of hydrogen-bond donors (Lipinski definition) is 2. The van der Waals surface area contributed by atoms with E-state index in [1.807, 2.05) is 38.1 Å². The maximum absolute atomic E-state index is 11.9. The van der Waals surface area contributed by atoms with E-state index in [1.165, 1.54) is 30.0 Å². The van der Waals surface area contributed by atoms with E-state index in [2.05, 4.69) is 15.5 Å². The first-order valence-electron chi connectivity index (χ1n) is 7.19. The first kappa shape index (κ1) is 18.1. The Morgan fingerprint density at radius 2 is 2.08 bits per heavy atom. The number of hydrogen-bond acceptors (Lipinski definition) is 8. The molecule has 0 aliphatic rings. The van der Waals surface area contributed by atoms with Crippen LogP contribution in [0.2, 0.25) is 0 Å². The number of aromatic nitrogens is 2. The summed E-state index contributed by atoms with van der Waals surface area (Å²) >= 11 is 2.59. The summed E-state index contributed by atoms with van der Waals surface area (Å²) in [5.41, 5.74) is 3.31. The number of benzene rings is 1. The van der Waals surface area contributed by atoms with Gasteiger partial charge in [-0.25, -0.2) is 0 Å². The zero-order valence-electron chi connectivity index (χ0n) is 13.6. The number of anilines is 2. The highest BCUT2D eigenvalue weighted by atomic mass is 32.2. The van der Waals surface area contributed by atoms with Crippen molar-refractivity contribution in [2.45, 2.75) is 25.1 Å². The molecule has 0 fully saturated rings. The minimum absolute atomic E-state index is 0.0674. The summed E-state index contributed by atoms with van der Waals surface area (Å²) in [6.45, 7) is 5.51. The summed E-state index contributed by atoms with van der Waals surface area (Å²) in [7, 11) is 0. The fourth-order valence-corrected chi connectivity index (χ4v) is 3.73. The van der Waals surface area contributed by atoms with Crippen molar-refractivity contribution in [2.24, 2.45) is 5.92 Å². The zero-order chi connectivity index (χ0) is 17.7. The van der Waals surface area contributed by atoms with Crippen LogP contribution in [-0.4, -0.2) is 27.4 Å². The normalized spacial score (nSPS) is 11.6. The lowest BCUT2D eigenvalue weighted by Crippen LogP contribution is -2.21. The van der Waals surface area contributed by atoms with Gasteiger partial charge in [-0.05, 0) is 31.9 Å². The second kappa shape index (κ2) is 8.04. The number of thioether (sulfide) groups is 1. The Morgan fingerprint density at radius 3 is 2.67 bits per heavy atom. The number of nitrogens with zero attached hydrogens (tertiary/aromatic N) is 3. The highest BCUT2D eigenvalue weighted by molar-refractivity contribution is 8.01. The van der Waals surface area contributed by atoms with Gasteiger partial charge in [0, 0.05) is 11.4 Å². The van der Waals surface area contributed by atoms with Crippen LogP contribution >= 0.6 is 23.1 Å². The molecular weight excluding hydrogens is 342 g/mol. The molecule has 0 aliphatic heterocycles. The Hall–Kier alpha value is -2.24. The van der Waals surface area contributed by atoms with Crippen LogP contribution in [0.1, 0.15) is 18.1 Å². The van der Waals surface area contributed by atoms with Gasteiger partial charge in [0.15, 0.2) is 10.1 Å². The molecule has 8 heteroatoms. The van der Waals surface area contributed by atoms with Crippen LogP contribution in [0.15, 0.2) is 22.5 Å². The van der Waals surface area contributed by atoms with E-state index in [0.29, 0.717) is 9.47 Å². The number of carbonyl (C=O) groups is 1. The van der Waals surface area contributed by atoms with Crippen LogP contribution in [0.25, 0.3) is 0 Å². The molecule has 2 aromatic rings. The molecule has 24 heavy (non-hydrogen) atoms. The average Bonchev–Trinajstić information content (AvgIpc) is 2.97. The average molecular weight is 359 g/mol. The van der Waals surface area contributed by atoms with Gasteiger partial charge >= 0.3 is 0 Å². The molecule has 1 heterocycles. The van der Waals surface area contributed by atoms with Crippen molar-refractivity contribution in [3.05, 3.63) is 29.3 Å². The van der Waals surface area contributed by atoms with E-state index in [4.69, 9.17) is 10.7 Å². The molecule has 1 atom stereocenters. The second-order valence-electron chi connectivity index (χ2n) is 5.27. The summed E-state index contributed by atoms with van der Waals surface area (Å²) < 4.78 is 0.649. The SMILES string of the molecule is CC(=N)C(C#N)C(=O)CSc1nnc(Nc2c(C)cccc2C)s1. The molecule has 0 spiro atoms. The van der Waals surface area contributed by atoms with Crippen molar-refractivity contribution >= 4 is 45.4 Å². The lowest BCUT2D eigenvalue weighted by molar-refractivity contribution is -0.117. The summed E-state index contributed by atoms with van der Waals surface area (Å²) in [6, 6.07) is 7.90. The highest BCUT2D eigenvalue weighted by Crippen LogP contribution is 2.30. The Kier molecular flexibility index (Phi) is 6.06. The van der Waals surface area contributed by atoms with Crippen LogP contribution in [0, 0.1) is 36.5 Å². The summed E-state index contributed by atoms with van der Waals surface area (Å²) in [5, 5.41) is 28.4. The molecule has 1 unspecified atom stereocenters. The number of Topliss-reactive ketones (excluding diaryl/α,β-unsaturated/α-hetero) is 1. The first-order valence-corrected chi connectivity index (χ1v) is 8.99. The van der Waals surface area contributed by atoms with E-state index in [1.54, 1.807) is 0 Å². The molecule has 0 radical (unpaired) electrons. The topological polar surface area (TPSA) is 103 Å². The van der Waals surface area contributed by atoms with E-state index < -0.39 is 5.92 Å². The van der Waals surface area contributed by atoms with E-state index >= 15 is 0 Å². The Bertz CT molecular complexity index is 789. The molecule has 0 amide bonds. The second-order valence-corrected chi connectivity index (χ2v) is 7.47. The number of carbonyl (C=O) groups excluding carboxylic acids is 1. The van der Waals surface area contributed by atoms with Gasteiger partial charge in [-0.2, -0.15) is 5.26 Å². The number of rotatable bonds is 7. The number of nitriles is 1. The van der Waals surface area contributed by atoms with Crippen molar-refractivity contribution in [3.63, 3.8) is 0 Å². The van der Waals surface area contributed by atoms with Crippen LogP contribution in [-0.2, 0) is 4.79 Å². The van der Waals surface area contributed by atoms with Crippen LogP contribution in [0.5, 0.6) is 0 Å². The number of nitrogens with one attached hydrogen (secondary N) is 2. The molecule has 2 N–H and O–H groups in total. The van der Waals surface area contributed by atoms with Gasteiger partial charge in [0.1, 0.15) is 5.92 Å². The summed E-state index contributed by atoms with van der Waals surface area (Å²) in [5.74, 6) is -1.15. The molecule has 1 aromatic carbocycles. The predicted molar refractivity (Wildman–Crippen MR) is 97.3 cm³/mol. The fraction of sp³-hybridized carbons (Fsp3) is 0.312. The smallest absolute Gasteiger partial charge is 0.210 e. The molecule has 0 saturated carbocycles. The molecule has 0 aliphatic carbocycles. The van der Waals surface area contributed by atoms with Crippen LogP contribution < -0.4 is 5.32 Å². The Balaban J connectivity index is 2.00. The molecule has 2 rings (SSSR count). The van der Waals surface area contributed by atoms with Gasteiger partial charge in [0.25, 0.3) is 0 Å². The molecular formula is C16H17N5OS2. The van der Waals surface area contributed by atoms with Crippen molar-refractivity contribution in [3.8, 4) is 6.07 Å². The van der Waals surface area contributed by atoms with Crippen molar-refractivity contribution < 1.29 is 4.79 Å². The van der Waals surface area contributed by atoms with E-state index in [-0.39, 0.29) is 17.2 Å². The monoisotopic (exact) mass is 359 g/mol. The van der Waals surface area contributed by atoms with Gasteiger partial charge in [0.2, 0.25) is 5.13 Å². The first-order chi connectivity index (χ1) is 11.4. The zero-order valence-corrected chi connectivity index (χ0v) is 15.2. The van der Waals surface area contributed by atoms with E-state index in [9.17, 15) is 4.79 Å². The molecule has 0 bridgehead atoms. The third-order valence-electron chi connectivity index (χ3n) is 3.34. The largest absolute Gasteiger partial charge is 0.330 e. The Morgan fingerprint density at radius 1 is 1.42 bits per heavy atom. The molecule has 6 nitrogen and oxygen atoms in total. The van der Waals surface area contributed by atoms with Gasteiger partial charge < -0.3 is 10.7 Å². The molecule has 1 aromatic heterocycles. The van der Waals surface area contributed by atoms with Gasteiger partial charge in [-0.3, -0.25) is 4.79 Å². The third kappa shape index (κ3) is 4.40. The lowest BCUT2D eigenvalue weighted by Gasteiger charge is -2.09. The summed E-state index contributed by atoms with van der Waals surface area (Å²) in [4.78, 5) is 11.9. The van der Waals surface area contributed by atoms with Gasteiger partial charge in [-0.1, -0.05) is 41.3 Å². The van der Waals surface area contributed by atoms with Crippen LogP contribution in [0.3, 0.4) is 0 Å². The molecule has 124 valence electrons. The number of ketones is 1. The lowest BCUT2D eigenvalue weighted by atomic mass is 10.0. The van der Waals surface area contributed by atoms with Crippen molar-refractivity contribution in [2.75, 3.05) is 11.1 Å². The van der Waals surface area contributed by atoms with Gasteiger partial charge in [-0.15, -0.1) is 10.2 Å².